The van der Waals surface area contributed by atoms with Crippen molar-refractivity contribution >= 4 is 5.91 Å². The van der Waals surface area contributed by atoms with Gasteiger partial charge in [-0.05, 0) is 24.8 Å². The van der Waals surface area contributed by atoms with Crippen molar-refractivity contribution in [2.24, 2.45) is 17.3 Å². The molecule has 4 atom stereocenters. The molecule has 3 heteroatoms. The second-order valence-electron chi connectivity index (χ2n) is 6.40. The molecule has 0 saturated carbocycles. The molecule has 3 aliphatic rings. The van der Waals surface area contributed by atoms with Crippen molar-refractivity contribution in [3.8, 4) is 0 Å². The Hall–Kier alpha value is -1.51. The molecule has 2 N–H and O–H groups in total. The summed E-state index contributed by atoms with van der Waals surface area (Å²) in [5.74, 6) is 1.20. The summed E-state index contributed by atoms with van der Waals surface area (Å²) < 4.78 is 0. The summed E-state index contributed by atoms with van der Waals surface area (Å²) in [4.78, 5) is 11.4. The monoisotopic (exact) mass is 258 g/mol. The zero-order chi connectivity index (χ0) is 13.5. The number of fused-ring (bicyclic) bond motifs is 1. The van der Waals surface area contributed by atoms with Gasteiger partial charge in [0.15, 0.2) is 0 Å². The molecule has 0 radical (unpaired) electrons. The Labute approximate surface area is 114 Å². The number of carbonyl (C=O) groups is 1. The number of nitrogens with one attached hydrogen (secondary N) is 2. The molecule has 4 unspecified atom stereocenters. The highest BCUT2D eigenvalue weighted by molar-refractivity contribution is 5.89. The maximum Gasteiger partial charge on any atom is 0.244 e. The second kappa shape index (κ2) is 4.55. The minimum Gasteiger partial charge on any atom is -0.388 e. The molecule has 1 aliphatic carbocycles. The van der Waals surface area contributed by atoms with Gasteiger partial charge in [0, 0.05) is 23.6 Å². The van der Waals surface area contributed by atoms with Crippen LogP contribution in [-0.4, -0.2) is 18.5 Å². The number of hydrogen-bond acceptors (Lipinski definition) is 2. The lowest BCUT2D eigenvalue weighted by atomic mass is 9.68. The highest BCUT2D eigenvalue weighted by atomic mass is 16.1. The van der Waals surface area contributed by atoms with Crippen molar-refractivity contribution in [1.82, 2.24) is 10.6 Å². The molecule has 0 aromatic heterocycles. The molecule has 102 valence electrons. The molecular weight excluding hydrogens is 236 g/mol. The number of allylic oxidation sites excluding steroid dienone is 2. The van der Waals surface area contributed by atoms with Crippen LogP contribution in [0.1, 0.15) is 26.7 Å². The quantitative estimate of drug-likeness (QED) is 0.708. The van der Waals surface area contributed by atoms with Crippen molar-refractivity contribution in [2.45, 2.75) is 32.7 Å². The zero-order valence-corrected chi connectivity index (χ0v) is 11.6. The van der Waals surface area contributed by atoms with Crippen LogP contribution in [0.2, 0.25) is 0 Å². The van der Waals surface area contributed by atoms with Crippen LogP contribution in [-0.2, 0) is 4.79 Å². The van der Waals surface area contributed by atoms with Crippen LogP contribution in [0.4, 0.5) is 0 Å². The van der Waals surface area contributed by atoms with E-state index in [9.17, 15) is 4.79 Å². The molecule has 0 fully saturated rings. The standard InChI is InChI=1S/C16H22N2O/c1-11-3-5-13(17-10-11)12-4-6-14-16(2,9-12)8-7-15(19)18-14/h4-8,11-12,14,17H,3,9-10H2,1-2H3,(H,18,19). The highest BCUT2D eigenvalue weighted by Crippen LogP contribution is 2.40. The van der Waals surface area contributed by atoms with Gasteiger partial charge in [-0.2, -0.15) is 0 Å². The van der Waals surface area contributed by atoms with Crippen LogP contribution in [0.15, 0.2) is 36.1 Å². The van der Waals surface area contributed by atoms with Crippen molar-refractivity contribution in [3.05, 3.63) is 36.1 Å². The van der Waals surface area contributed by atoms with Gasteiger partial charge in [0.05, 0.1) is 6.04 Å². The second-order valence-corrected chi connectivity index (χ2v) is 6.40. The molecular formula is C16H22N2O. The summed E-state index contributed by atoms with van der Waals surface area (Å²) in [7, 11) is 0. The van der Waals surface area contributed by atoms with E-state index in [0.29, 0.717) is 5.92 Å². The van der Waals surface area contributed by atoms with E-state index in [1.807, 2.05) is 0 Å². The van der Waals surface area contributed by atoms with E-state index >= 15 is 0 Å². The Balaban J connectivity index is 1.80. The number of rotatable bonds is 1. The molecule has 3 nitrogen and oxygen atoms in total. The van der Waals surface area contributed by atoms with Gasteiger partial charge in [-0.3, -0.25) is 4.79 Å². The van der Waals surface area contributed by atoms with E-state index < -0.39 is 0 Å². The van der Waals surface area contributed by atoms with Gasteiger partial charge in [0.1, 0.15) is 0 Å². The molecule has 0 bridgehead atoms. The Morgan fingerprint density at radius 3 is 2.95 bits per heavy atom. The lowest BCUT2D eigenvalue weighted by Crippen LogP contribution is -2.50. The summed E-state index contributed by atoms with van der Waals surface area (Å²) >= 11 is 0. The average Bonchev–Trinajstić information content (AvgIpc) is 2.40. The Bertz CT molecular complexity index is 477. The minimum absolute atomic E-state index is 0.0226. The number of amides is 1. The fourth-order valence-corrected chi connectivity index (χ4v) is 3.26. The Morgan fingerprint density at radius 1 is 1.37 bits per heavy atom. The van der Waals surface area contributed by atoms with Gasteiger partial charge in [-0.25, -0.2) is 0 Å². The van der Waals surface area contributed by atoms with Gasteiger partial charge in [-0.15, -0.1) is 0 Å². The lowest BCUT2D eigenvalue weighted by molar-refractivity contribution is -0.118. The van der Waals surface area contributed by atoms with E-state index in [4.69, 9.17) is 0 Å². The van der Waals surface area contributed by atoms with E-state index in [2.05, 4.69) is 48.8 Å². The minimum atomic E-state index is 0.0226. The molecule has 2 aliphatic heterocycles. The first-order valence-corrected chi connectivity index (χ1v) is 7.19. The number of hydrogen-bond donors (Lipinski definition) is 2. The SMILES string of the molecule is CC1CC=C(C2C=CC3NC(=O)C=CC3(C)C2)NC1. The largest absolute Gasteiger partial charge is 0.388 e. The summed E-state index contributed by atoms with van der Waals surface area (Å²) in [6, 6.07) is 0.143. The Kier molecular flexibility index (Phi) is 3.00. The smallest absolute Gasteiger partial charge is 0.244 e. The molecule has 0 aromatic rings. The van der Waals surface area contributed by atoms with Gasteiger partial charge >= 0.3 is 0 Å². The average molecular weight is 258 g/mol. The van der Waals surface area contributed by atoms with E-state index in [-0.39, 0.29) is 17.4 Å². The maximum atomic E-state index is 11.4. The molecule has 19 heavy (non-hydrogen) atoms. The van der Waals surface area contributed by atoms with Crippen LogP contribution >= 0.6 is 0 Å². The first-order valence-electron chi connectivity index (χ1n) is 7.19. The fourth-order valence-electron chi connectivity index (χ4n) is 3.26. The summed E-state index contributed by atoms with van der Waals surface area (Å²) in [6.07, 6.45) is 12.7. The van der Waals surface area contributed by atoms with Crippen molar-refractivity contribution in [3.63, 3.8) is 0 Å². The maximum absolute atomic E-state index is 11.4. The van der Waals surface area contributed by atoms with Gasteiger partial charge < -0.3 is 10.6 Å². The zero-order valence-electron chi connectivity index (χ0n) is 11.6. The predicted octanol–water partition coefficient (Wildman–Crippen LogP) is 2.14. The third-order valence-electron chi connectivity index (χ3n) is 4.61. The molecule has 2 heterocycles. The normalized spacial score (nSPS) is 41.1. The van der Waals surface area contributed by atoms with E-state index in [1.165, 1.54) is 12.1 Å². The van der Waals surface area contributed by atoms with Gasteiger partial charge in [-0.1, -0.05) is 38.2 Å². The van der Waals surface area contributed by atoms with Gasteiger partial charge in [0.2, 0.25) is 5.91 Å². The lowest BCUT2D eigenvalue weighted by Gasteiger charge is -2.42. The molecule has 0 saturated heterocycles. The molecule has 1 amide bonds. The summed E-state index contributed by atoms with van der Waals surface area (Å²) in [5, 5.41) is 6.60. The third kappa shape index (κ3) is 2.34. The predicted molar refractivity (Wildman–Crippen MR) is 76.3 cm³/mol. The van der Waals surface area contributed by atoms with Crippen LogP contribution < -0.4 is 10.6 Å². The first-order chi connectivity index (χ1) is 9.07. The molecule has 0 aromatic carbocycles. The topological polar surface area (TPSA) is 41.1 Å². The fraction of sp³-hybridized carbons (Fsp3) is 0.562. The highest BCUT2D eigenvalue weighted by Gasteiger charge is 2.39. The van der Waals surface area contributed by atoms with Gasteiger partial charge in [0.25, 0.3) is 0 Å². The third-order valence-corrected chi connectivity index (χ3v) is 4.61. The Morgan fingerprint density at radius 2 is 2.21 bits per heavy atom. The van der Waals surface area contributed by atoms with E-state index in [1.54, 1.807) is 6.08 Å². The number of carbonyl (C=O) groups excluding carboxylic acids is 1. The molecule has 3 rings (SSSR count). The van der Waals surface area contributed by atoms with Crippen LogP contribution in [0, 0.1) is 17.3 Å². The first kappa shape index (κ1) is 12.5. The van der Waals surface area contributed by atoms with Crippen molar-refractivity contribution < 1.29 is 4.79 Å². The van der Waals surface area contributed by atoms with Crippen LogP contribution in [0.5, 0.6) is 0 Å². The van der Waals surface area contributed by atoms with Crippen LogP contribution in [0.3, 0.4) is 0 Å². The van der Waals surface area contributed by atoms with Crippen LogP contribution in [0.25, 0.3) is 0 Å². The van der Waals surface area contributed by atoms with E-state index in [0.717, 1.165) is 18.9 Å². The van der Waals surface area contributed by atoms with Crippen molar-refractivity contribution in [2.75, 3.05) is 6.54 Å². The summed E-state index contributed by atoms with van der Waals surface area (Å²) in [6.45, 7) is 5.58. The van der Waals surface area contributed by atoms with Crippen molar-refractivity contribution in [1.29, 1.82) is 0 Å². The summed E-state index contributed by atoms with van der Waals surface area (Å²) in [5.41, 5.74) is 1.40. The molecule has 0 spiro atoms.